The fourth-order valence-electron chi connectivity index (χ4n) is 2.46. The van der Waals surface area contributed by atoms with Crippen molar-refractivity contribution in [3.05, 3.63) is 29.6 Å². The Morgan fingerprint density at radius 3 is 2.60 bits per heavy atom. The predicted octanol–water partition coefficient (Wildman–Crippen LogP) is 1.41. The van der Waals surface area contributed by atoms with Gasteiger partial charge >= 0.3 is 0 Å². The number of aryl methyl sites for hydroxylation is 1. The summed E-state index contributed by atoms with van der Waals surface area (Å²) in [6, 6.07) is 3.45. The summed E-state index contributed by atoms with van der Waals surface area (Å²) < 4.78 is 0. The Kier molecular flexibility index (Phi) is 3.79. The van der Waals surface area contributed by atoms with Crippen LogP contribution < -0.4 is 5.32 Å². The third-order valence-corrected chi connectivity index (χ3v) is 3.62. The maximum atomic E-state index is 12.5. The van der Waals surface area contributed by atoms with Gasteiger partial charge in [-0.1, -0.05) is 13.0 Å². The highest BCUT2D eigenvalue weighted by Gasteiger charge is 2.44. The second kappa shape index (κ2) is 5.23. The lowest BCUT2D eigenvalue weighted by Gasteiger charge is -2.42. The number of amides is 2. The normalized spacial score (nSPS) is 21.8. The summed E-state index contributed by atoms with van der Waals surface area (Å²) in [4.78, 5) is 30.5. The van der Waals surface area contributed by atoms with Gasteiger partial charge in [0.15, 0.2) is 0 Å². The van der Waals surface area contributed by atoms with Crippen molar-refractivity contribution in [2.75, 3.05) is 0 Å². The Balaban J connectivity index is 2.27. The number of piperazine rings is 1. The number of hydrogen-bond donors (Lipinski definition) is 1. The number of carbonyl (C=O) groups is 2. The van der Waals surface area contributed by atoms with Crippen molar-refractivity contribution in [3.8, 4) is 0 Å². The van der Waals surface area contributed by atoms with Gasteiger partial charge in [0, 0.05) is 18.4 Å². The molecule has 20 heavy (non-hydrogen) atoms. The Labute approximate surface area is 119 Å². The van der Waals surface area contributed by atoms with Crippen LogP contribution >= 0.6 is 0 Å². The monoisotopic (exact) mass is 275 g/mol. The molecular formula is C15H21N3O2. The van der Waals surface area contributed by atoms with Gasteiger partial charge in [0.05, 0.1) is 0 Å². The fourth-order valence-corrected chi connectivity index (χ4v) is 2.46. The van der Waals surface area contributed by atoms with Crippen LogP contribution in [0.3, 0.4) is 0 Å². The van der Waals surface area contributed by atoms with E-state index in [1.54, 1.807) is 24.9 Å². The van der Waals surface area contributed by atoms with Crippen molar-refractivity contribution in [1.29, 1.82) is 0 Å². The van der Waals surface area contributed by atoms with E-state index in [-0.39, 0.29) is 11.8 Å². The van der Waals surface area contributed by atoms with Crippen molar-refractivity contribution in [2.45, 2.75) is 52.2 Å². The average Bonchev–Trinajstić information content (AvgIpc) is 2.38. The summed E-state index contributed by atoms with van der Waals surface area (Å²) in [6.07, 6.45) is 2.36. The van der Waals surface area contributed by atoms with Crippen LogP contribution in [0.4, 0.5) is 0 Å². The molecule has 1 atom stereocenters. The maximum absolute atomic E-state index is 12.5. The molecule has 1 fully saturated rings. The molecule has 1 aromatic heterocycles. The third-order valence-electron chi connectivity index (χ3n) is 3.62. The zero-order valence-electron chi connectivity index (χ0n) is 12.4. The molecule has 1 aliphatic rings. The van der Waals surface area contributed by atoms with Crippen LogP contribution in [-0.2, 0) is 16.1 Å². The lowest BCUT2D eigenvalue weighted by atomic mass is 9.95. The largest absolute Gasteiger partial charge is 0.340 e. The molecule has 0 aromatic carbocycles. The van der Waals surface area contributed by atoms with E-state index in [9.17, 15) is 9.59 Å². The van der Waals surface area contributed by atoms with Gasteiger partial charge in [-0.05, 0) is 38.8 Å². The Hall–Kier alpha value is -1.91. The number of carbonyl (C=O) groups excluding carboxylic acids is 2. The van der Waals surface area contributed by atoms with Crippen molar-refractivity contribution in [2.24, 2.45) is 0 Å². The SMILES string of the molecule is CCC1C(=O)NC(C)(C)C(=O)N1Cc1ccc(C)nc1. The Morgan fingerprint density at radius 1 is 1.35 bits per heavy atom. The Morgan fingerprint density at radius 2 is 2.05 bits per heavy atom. The standard InChI is InChI=1S/C15H21N3O2/c1-5-12-13(19)17-15(3,4)14(20)18(12)9-11-7-6-10(2)16-8-11/h6-8,12H,5,9H2,1-4H3,(H,17,19). The first-order valence-electron chi connectivity index (χ1n) is 6.90. The predicted molar refractivity (Wildman–Crippen MR) is 75.8 cm³/mol. The molecule has 0 radical (unpaired) electrons. The van der Waals surface area contributed by atoms with Gasteiger partial charge in [0.25, 0.3) is 0 Å². The van der Waals surface area contributed by atoms with Crippen LogP contribution in [0.5, 0.6) is 0 Å². The average molecular weight is 275 g/mol. The summed E-state index contributed by atoms with van der Waals surface area (Å²) in [5.41, 5.74) is 1.03. The van der Waals surface area contributed by atoms with E-state index in [2.05, 4.69) is 10.3 Å². The van der Waals surface area contributed by atoms with E-state index in [0.717, 1.165) is 11.3 Å². The Bertz CT molecular complexity index is 522. The molecule has 0 aliphatic carbocycles. The zero-order valence-corrected chi connectivity index (χ0v) is 12.4. The van der Waals surface area contributed by atoms with Gasteiger partial charge in [-0.3, -0.25) is 14.6 Å². The number of nitrogens with one attached hydrogen (secondary N) is 1. The molecule has 1 aromatic rings. The van der Waals surface area contributed by atoms with E-state index in [4.69, 9.17) is 0 Å². The first-order valence-corrected chi connectivity index (χ1v) is 6.90. The van der Waals surface area contributed by atoms with E-state index < -0.39 is 11.6 Å². The molecule has 5 heteroatoms. The second-order valence-electron chi connectivity index (χ2n) is 5.78. The molecule has 108 valence electrons. The van der Waals surface area contributed by atoms with Gasteiger partial charge in [-0.25, -0.2) is 0 Å². The maximum Gasteiger partial charge on any atom is 0.248 e. The lowest BCUT2D eigenvalue weighted by Crippen LogP contribution is -2.67. The highest BCUT2D eigenvalue weighted by molar-refractivity contribution is 5.99. The molecule has 2 amide bonds. The highest BCUT2D eigenvalue weighted by atomic mass is 16.2. The van der Waals surface area contributed by atoms with Crippen molar-refractivity contribution in [1.82, 2.24) is 15.2 Å². The minimum Gasteiger partial charge on any atom is -0.340 e. The second-order valence-corrected chi connectivity index (χ2v) is 5.78. The van der Waals surface area contributed by atoms with Crippen LogP contribution in [0.15, 0.2) is 18.3 Å². The van der Waals surface area contributed by atoms with Gasteiger partial charge in [0.2, 0.25) is 11.8 Å². The number of nitrogens with zero attached hydrogens (tertiary/aromatic N) is 2. The minimum atomic E-state index is -0.846. The van der Waals surface area contributed by atoms with Gasteiger partial charge in [-0.15, -0.1) is 0 Å². The van der Waals surface area contributed by atoms with Crippen LogP contribution in [0.2, 0.25) is 0 Å². The van der Waals surface area contributed by atoms with E-state index in [0.29, 0.717) is 13.0 Å². The molecule has 1 unspecified atom stereocenters. The third kappa shape index (κ3) is 2.66. The quantitative estimate of drug-likeness (QED) is 0.907. The smallest absolute Gasteiger partial charge is 0.248 e. The highest BCUT2D eigenvalue weighted by Crippen LogP contribution is 2.22. The minimum absolute atomic E-state index is 0.0514. The number of aromatic nitrogens is 1. The zero-order chi connectivity index (χ0) is 14.9. The molecule has 1 N–H and O–H groups in total. The first kappa shape index (κ1) is 14.5. The van der Waals surface area contributed by atoms with Crippen molar-refractivity contribution < 1.29 is 9.59 Å². The molecule has 0 spiro atoms. The topological polar surface area (TPSA) is 62.3 Å². The molecule has 1 aliphatic heterocycles. The summed E-state index contributed by atoms with van der Waals surface area (Å²) >= 11 is 0. The van der Waals surface area contributed by atoms with E-state index >= 15 is 0 Å². The number of pyridine rings is 1. The van der Waals surface area contributed by atoms with Crippen LogP contribution in [-0.4, -0.2) is 33.3 Å². The van der Waals surface area contributed by atoms with Crippen LogP contribution in [0.25, 0.3) is 0 Å². The van der Waals surface area contributed by atoms with Crippen molar-refractivity contribution in [3.63, 3.8) is 0 Å². The van der Waals surface area contributed by atoms with Gasteiger partial charge < -0.3 is 10.2 Å². The van der Waals surface area contributed by atoms with Crippen LogP contribution in [0, 0.1) is 6.92 Å². The molecule has 0 saturated carbocycles. The van der Waals surface area contributed by atoms with Crippen molar-refractivity contribution >= 4 is 11.8 Å². The molecular weight excluding hydrogens is 254 g/mol. The summed E-state index contributed by atoms with van der Waals surface area (Å²) in [5.74, 6) is -0.137. The van der Waals surface area contributed by atoms with E-state index in [1.165, 1.54) is 0 Å². The summed E-state index contributed by atoms with van der Waals surface area (Å²) in [5, 5.41) is 2.79. The molecule has 2 rings (SSSR count). The summed E-state index contributed by atoms with van der Waals surface area (Å²) in [7, 11) is 0. The van der Waals surface area contributed by atoms with Crippen LogP contribution in [0.1, 0.15) is 38.4 Å². The van der Waals surface area contributed by atoms with E-state index in [1.807, 2.05) is 26.0 Å². The van der Waals surface area contributed by atoms with Gasteiger partial charge in [-0.2, -0.15) is 0 Å². The fraction of sp³-hybridized carbons (Fsp3) is 0.533. The molecule has 1 saturated heterocycles. The molecule has 0 bridgehead atoms. The number of rotatable bonds is 3. The first-order chi connectivity index (χ1) is 9.35. The number of hydrogen-bond acceptors (Lipinski definition) is 3. The molecule has 2 heterocycles. The summed E-state index contributed by atoms with van der Waals surface area (Å²) in [6.45, 7) is 7.72. The lowest BCUT2D eigenvalue weighted by molar-refractivity contribution is -0.154. The van der Waals surface area contributed by atoms with Gasteiger partial charge in [0.1, 0.15) is 11.6 Å². The molecule has 5 nitrogen and oxygen atoms in total.